The van der Waals surface area contributed by atoms with Crippen LogP contribution in [0, 0.1) is 0 Å². The quantitative estimate of drug-likeness (QED) is 0.734. The first-order valence-electron chi connectivity index (χ1n) is 6.44. The highest BCUT2D eigenvalue weighted by atomic mass is 32.2. The van der Waals surface area contributed by atoms with Crippen LogP contribution in [0.4, 0.5) is 4.79 Å². The second-order valence-corrected chi connectivity index (χ2v) is 8.62. The predicted molar refractivity (Wildman–Crippen MR) is 75.4 cm³/mol. The molecule has 2 saturated heterocycles. The lowest BCUT2D eigenvalue weighted by Gasteiger charge is -2.31. The molecule has 2 fully saturated rings. The molecule has 2 rings (SSSR count). The van der Waals surface area contributed by atoms with Crippen molar-refractivity contribution in [1.29, 1.82) is 0 Å². The molecule has 0 aromatic carbocycles. The van der Waals surface area contributed by atoms with Gasteiger partial charge in [0.05, 0.1) is 16.9 Å². The molecule has 2 unspecified atom stereocenters. The summed E-state index contributed by atoms with van der Waals surface area (Å²) in [5.74, 6) is -0.610. The molecule has 0 radical (unpaired) electrons. The maximum Gasteiger partial charge on any atom is 0.327 e. The Hall–Kier alpha value is -0.960. The largest absolute Gasteiger partial charge is 0.480 e. The molecule has 2 aliphatic rings. The van der Waals surface area contributed by atoms with E-state index in [0.29, 0.717) is 18.7 Å². The molecule has 9 heteroatoms. The normalized spacial score (nSPS) is 30.1. The highest BCUT2D eigenvalue weighted by Gasteiger charge is 2.41. The van der Waals surface area contributed by atoms with Crippen molar-refractivity contribution in [2.75, 3.05) is 30.3 Å². The third-order valence-corrected chi connectivity index (χ3v) is 6.49. The molecule has 7 nitrogen and oxygen atoms in total. The molecule has 2 amide bonds. The lowest BCUT2D eigenvalue weighted by atomic mass is 10.3. The molecule has 0 aliphatic carbocycles. The number of nitrogens with zero attached hydrogens (tertiary/aromatic N) is 2. The molecular weight excluding hydrogens is 304 g/mol. The second-order valence-electron chi connectivity index (χ2n) is 4.97. The van der Waals surface area contributed by atoms with Crippen molar-refractivity contribution in [2.45, 2.75) is 24.8 Å². The van der Waals surface area contributed by atoms with Crippen molar-refractivity contribution >= 4 is 33.6 Å². The van der Waals surface area contributed by atoms with Crippen molar-refractivity contribution in [2.24, 2.45) is 0 Å². The van der Waals surface area contributed by atoms with Crippen LogP contribution in [-0.4, -0.2) is 77.1 Å². The van der Waals surface area contributed by atoms with Crippen molar-refractivity contribution in [3.05, 3.63) is 0 Å². The molecule has 2 heterocycles. The van der Waals surface area contributed by atoms with Crippen LogP contribution in [0.3, 0.4) is 0 Å². The molecule has 2 atom stereocenters. The lowest BCUT2D eigenvalue weighted by Crippen LogP contribution is -2.51. The van der Waals surface area contributed by atoms with E-state index in [4.69, 9.17) is 5.11 Å². The number of hydrogen-bond donors (Lipinski definition) is 1. The Bertz CT molecular complexity index is 507. The number of rotatable bonds is 1. The standard InChI is InChI=1S/C11H18N2O5S2/c1-8-13(9(7-19-8)10(14)15)11(16)12-3-2-5-20(17,18)6-4-12/h8-9H,2-7H2,1H3,(H,14,15). The third kappa shape index (κ3) is 3.20. The number of thioether (sulfide) groups is 1. The summed E-state index contributed by atoms with van der Waals surface area (Å²) in [4.78, 5) is 26.5. The number of urea groups is 1. The Morgan fingerprint density at radius 2 is 1.95 bits per heavy atom. The molecule has 0 spiro atoms. The minimum Gasteiger partial charge on any atom is -0.480 e. The van der Waals surface area contributed by atoms with Crippen molar-refractivity contribution in [3.8, 4) is 0 Å². The van der Waals surface area contributed by atoms with Gasteiger partial charge in [0.15, 0.2) is 9.84 Å². The topological polar surface area (TPSA) is 95.0 Å². The number of aliphatic carboxylic acids is 1. The number of carbonyl (C=O) groups is 2. The van der Waals surface area contributed by atoms with E-state index in [9.17, 15) is 18.0 Å². The number of carbonyl (C=O) groups excluding carboxylic acids is 1. The minimum absolute atomic E-state index is 0.0498. The Morgan fingerprint density at radius 3 is 2.60 bits per heavy atom. The summed E-state index contributed by atoms with van der Waals surface area (Å²) in [6.45, 7) is 2.29. The zero-order valence-corrected chi connectivity index (χ0v) is 12.8. The monoisotopic (exact) mass is 322 g/mol. The van der Waals surface area contributed by atoms with Gasteiger partial charge >= 0.3 is 12.0 Å². The van der Waals surface area contributed by atoms with Crippen LogP contribution < -0.4 is 0 Å². The molecule has 0 bridgehead atoms. The van der Waals surface area contributed by atoms with Crippen LogP contribution in [0.5, 0.6) is 0 Å². The molecule has 20 heavy (non-hydrogen) atoms. The first-order chi connectivity index (χ1) is 9.32. The van der Waals surface area contributed by atoms with Gasteiger partial charge in [-0.05, 0) is 13.3 Å². The zero-order chi connectivity index (χ0) is 14.9. The van der Waals surface area contributed by atoms with Gasteiger partial charge in [-0.1, -0.05) is 0 Å². The Kier molecular flexibility index (Phi) is 4.48. The van der Waals surface area contributed by atoms with Gasteiger partial charge in [-0.3, -0.25) is 4.90 Å². The smallest absolute Gasteiger partial charge is 0.327 e. The van der Waals surface area contributed by atoms with Crippen LogP contribution in [0.2, 0.25) is 0 Å². The molecular formula is C11H18N2O5S2. The van der Waals surface area contributed by atoms with E-state index >= 15 is 0 Å². The number of hydrogen-bond acceptors (Lipinski definition) is 5. The van der Waals surface area contributed by atoms with Crippen LogP contribution in [-0.2, 0) is 14.6 Å². The van der Waals surface area contributed by atoms with Crippen LogP contribution in [0.1, 0.15) is 13.3 Å². The molecule has 1 N–H and O–H groups in total. The average molecular weight is 322 g/mol. The minimum atomic E-state index is -3.09. The Labute approximate surface area is 122 Å². The van der Waals surface area contributed by atoms with Crippen molar-refractivity contribution in [3.63, 3.8) is 0 Å². The number of amides is 2. The maximum absolute atomic E-state index is 12.5. The zero-order valence-electron chi connectivity index (χ0n) is 11.2. The van der Waals surface area contributed by atoms with E-state index in [1.807, 2.05) is 0 Å². The van der Waals surface area contributed by atoms with E-state index in [0.717, 1.165) is 0 Å². The van der Waals surface area contributed by atoms with Crippen LogP contribution >= 0.6 is 11.8 Å². The fraction of sp³-hybridized carbons (Fsp3) is 0.818. The molecule has 0 saturated carbocycles. The number of sulfone groups is 1. The molecule has 2 aliphatic heterocycles. The summed E-state index contributed by atoms with van der Waals surface area (Å²) in [6.07, 6.45) is 0.404. The average Bonchev–Trinajstić information content (AvgIpc) is 2.64. The van der Waals surface area contributed by atoms with Gasteiger partial charge in [-0.2, -0.15) is 0 Å². The van der Waals surface area contributed by atoms with Gasteiger partial charge in [0, 0.05) is 18.8 Å². The summed E-state index contributed by atoms with van der Waals surface area (Å²) in [7, 11) is -3.09. The SMILES string of the molecule is CC1SCC(C(=O)O)N1C(=O)N1CCCS(=O)(=O)CC1. The summed E-state index contributed by atoms with van der Waals surface area (Å²) in [6, 6.07) is -1.20. The van der Waals surface area contributed by atoms with E-state index < -0.39 is 21.8 Å². The van der Waals surface area contributed by atoms with Crippen LogP contribution in [0.25, 0.3) is 0 Å². The number of carboxylic acid groups (broad SMARTS) is 1. The lowest BCUT2D eigenvalue weighted by molar-refractivity contribution is -0.141. The van der Waals surface area contributed by atoms with E-state index in [1.54, 1.807) is 6.92 Å². The second kappa shape index (κ2) is 5.80. The fourth-order valence-electron chi connectivity index (χ4n) is 2.42. The van der Waals surface area contributed by atoms with Gasteiger partial charge < -0.3 is 10.0 Å². The summed E-state index contributed by atoms with van der Waals surface area (Å²) < 4.78 is 23.1. The van der Waals surface area contributed by atoms with Gasteiger partial charge in [-0.25, -0.2) is 18.0 Å². The molecule has 114 valence electrons. The van der Waals surface area contributed by atoms with Gasteiger partial charge in [0.2, 0.25) is 0 Å². The number of carboxylic acids is 1. The highest BCUT2D eigenvalue weighted by Crippen LogP contribution is 2.30. The summed E-state index contributed by atoms with van der Waals surface area (Å²) in [5, 5.41) is 8.96. The molecule has 0 aromatic rings. The predicted octanol–water partition coefficient (Wildman–Crippen LogP) is 0.0749. The highest BCUT2D eigenvalue weighted by molar-refractivity contribution is 8.00. The fourth-order valence-corrected chi connectivity index (χ4v) is 4.85. The van der Waals surface area contributed by atoms with Crippen LogP contribution in [0.15, 0.2) is 0 Å². The van der Waals surface area contributed by atoms with Gasteiger partial charge in [-0.15, -0.1) is 11.8 Å². The molecule has 0 aromatic heterocycles. The first kappa shape index (κ1) is 15.4. The van der Waals surface area contributed by atoms with Crippen molar-refractivity contribution < 1.29 is 23.1 Å². The van der Waals surface area contributed by atoms with E-state index in [1.165, 1.54) is 21.6 Å². The van der Waals surface area contributed by atoms with E-state index in [2.05, 4.69) is 0 Å². The first-order valence-corrected chi connectivity index (χ1v) is 9.31. The maximum atomic E-state index is 12.5. The Morgan fingerprint density at radius 1 is 1.25 bits per heavy atom. The summed E-state index contributed by atoms with van der Waals surface area (Å²) in [5.41, 5.74) is 0. The third-order valence-electron chi connectivity index (χ3n) is 3.55. The van der Waals surface area contributed by atoms with Crippen molar-refractivity contribution in [1.82, 2.24) is 9.80 Å². The van der Waals surface area contributed by atoms with Gasteiger partial charge in [0.25, 0.3) is 0 Å². The van der Waals surface area contributed by atoms with E-state index in [-0.39, 0.29) is 29.5 Å². The van der Waals surface area contributed by atoms with Gasteiger partial charge in [0.1, 0.15) is 6.04 Å². The summed E-state index contributed by atoms with van der Waals surface area (Å²) >= 11 is 1.42. The Balaban J connectivity index is 2.11.